The Kier molecular flexibility index (Phi) is 11.7. The molecule has 4 rings (SSSR count). The molecular formula is C34H34Cl2FN3O5S. The van der Waals surface area contributed by atoms with Crippen LogP contribution in [0.1, 0.15) is 25.0 Å². The zero-order valence-electron chi connectivity index (χ0n) is 25.5. The lowest BCUT2D eigenvalue weighted by Gasteiger charge is -2.34. The predicted molar refractivity (Wildman–Crippen MR) is 178 cm³/mol. The lowest BCUT2D eigenvalue weighted by atomic mass is 10.0. The van der Waals surface area contributed by atoms with Crippen LogP contribution in [-0.2, 0) is 32.6 Å². The minimum atomic E-state index is -4.37. The zero-order chi connectivity index (χ0) is 33.4. The van der Waals surface area contributed by atoms with Gasteiger partial charge in [-0.1, -0.05) is 59.6 Å². The van der Waals surface area contributed by atoms with Crippen molar-refractivity contribution >= 4 is 50.7 Å². The maximum atomic E-state index is 14.5. The Morgan fingerprint density at radius 1 is 0.913 bits per heavy atom. The number of rotatable bonds is 13. The van der Waals surface area contributed by atoms with Gasteiger partial charge in [-0.05, 0) is 85.6 Å². The topological polar surface area (TPSA) is 96.0 Å². The van der Waals surface area contributed by atoms with Crippen molar-refractivity contribution in [3.05, 3.63) is 124 Å². The summed E-state index contributed by atoms with van der Waals surface area (Å²) in [5.41, 5.74) is 1.34. The van der Waals surface area contributed by atoms with E-state index >= 15 is 0 Å². The van der Waals surface area contributed by atoms with E-state index in [0.717, 1.165) is 22.0 Å². The fraction of sp³-hybridized carbons (Fsp3) is 0.235. The van der Waals surface area contributed by atoms with E-state index in [4.69, 9.17) is 27.9 Å². The van der Waals surface area contributed by atoms with E-state index in [0.29, 0.717) is 16.3 Å². The van der Waals surface area contributed by atoms with Crippen molar-refractivity contribution in [2.45, 2.75) is 43.8 Å². The van der Waals surface area contributed by atoms with Crippen molar-refractivity contribution in [3.8, 4) is 5.75 Å². The van der Waals surface area contributed by atoms with Crippen LogP contribution in [0.15, 0.2) is 102 Å². The van der Waals surface area contributed by atoms with Crippen molar-refractivity contribution in [1.82, 2.24) is 10.2 Å². The molecule has 0 aliphatic carbocycles. The molecule has 0 saturated heterocycles. The Balaban J connectivity index is 1.82. The van der Waals surface area contributed by atoms with Gasteiger partial charge in [-0.3, -0.25) is 13.9 Å². The van der Waals surface area contributed by atoms with Crippen LogP contribution in [0.5, 0.6) is 5.75 Å². The number of benzene rings is 4. The lowest BCUT2D eigenvalue weighted by Crippen LogP contribution is -2.54. The summed E-state index contributed by atoms with van der Waals surface area (Å²) in [5.74, 6) is -1.26. The van der Waals surface area contributed by atoms with Gasteiger partial charge in [0.05, 0.1) is 17.7 Å². The quantitative estimate of drug-likeness (QED) is 0.173. The summed E-state index contributed by atoms with van der Waals surface area (Å²) in [6.07, 6.45) is 0.137. The van der Waals surface area contributed by atoms with Gasteiger partial charge in [0.2, 0.25) is 11.8 Å². The molecule has 8 nitrogen and oxygen atoms in total. The fourth-order valence-corrected chi connectivity index (χ4v) is 6.66. The second-order valence-corrected chi connectivity index (χ2v) is 13.5. The average Bonchev–Trinajstić information content (AvgIpc) is 3.03. The number of ether oxygens (including phenoxy) is 1. The molecule has 0 bridgehead atoms. The predicted octanol–water partition coefficient (Wildman–Crippen LogP) is 6.50. The molecule has 4 aromatic rings. The van der Waals surface area contributed by atoms with Crippen molar-refractivity contribution in [2.75, 3.05) is 18.0 Å². The monoisotopic (exact) mass is 685 g/mol. The third kappa shape index (κ3) is 8.78. The number of amides is 2. The van der Waals surface area contributed by atoms with Crippen molar-refractivity contribution < 1.29 is 27.1 Å². The van der Waals surface area contributed by atoms with Crippen LogP contribution in [0.2, 0.25) is 10.0 Å². The summed E-state index contributed by atoms with van der Waals surface area (Å²) in [4.78, 5) is 29.4. The number of carbonyl (C=O) groups is 2. The molecule has 12 heteroatoms. The van der Waals surface area contributed by atoms with Gasteiger partial charge in [0.25, 0.3) is 10.0 Å². The van der Waals surface area contributed by atoms with E-state index < -0.39 is 40.2 Å². The van der Waals surface area contributed by atoms with Crippen LogP contribution in [0.25, 0.3) is 0 Å². The number of carbonyl (C=O) groups excluding carboxylic acids is 2. The van der Waals surface area contributed by atoms with Crippen LogP contribution in [-0.4, -0.2) is 50.9 Å². The SMILES string of the molecule is COc1ccc(S(=O)(=O)N(CC(=O)N(Cc2ccc(Cl)cc2Cl)[C@H](Cc2ccccc2)C(=O)NC(C)C)c2ccc(F)cc2)cc1. The maximum absolute atomic E-state index is 14.5. The molecule has 0 saturated carbocycles. The van der Waals surface area contributed by atoms with Gasteiger partial charge in [-0.25, -0.2) is 12.8 Å². The number of nitrogens with one attached hydrogen (secondary N) is 1. The fourth-order valence-electron chi connectivity index (χ4n) is 4.78. The number of halogens is 3. The summed E-state index contributed by atoms with van der Waals surface area (Å²) >= 11 is 12.7. The average molecular weight is 687 g/mol. The highest BCUT2D eigenvalue weighted by molar-refractivity contribution is 7.92. The van der Waals surface area contributed by atoms with Gasteiger partial charge in [0.15, 0.2) is 0 Å². The summed E-state index contributed by atoms with van der Waals surface area (Å²) in [6, 6.07) is 23.1. The van der Waals surface area contributed by atoms with Crippen LogP contribution >= 0.6 is 23.2 Å². The molecule has 0 spiro atoms. The Morgan fingerprint density at radius 2 is 1.57 bits per heavy atom. The minimum absolute atomic E-state index is 0.0567. The van der Waals surface area contributed by atoms with E-state index in [2.05, 4.69) is 5.32 Å². The Labute approximate surface area is 278 Å². The molecule has 46 heavy (non-hydrogen) atoms. The minimum Gasteiger partial charge on any atom is -0.497 e. The number of anilines is 1. The van der Waals surface area contributed by atoms with E-state index in [9.17, 15) is 22.4 Å². The molecule has 4 aromatic carbocycles. The van der Waals surface area contributed by atoms with Gasteiger partial charge >= 0.3 is 0 Å². The summed E-state index contributed by atoms with van der Waals surface area (Å²) in [6.45, 7) is 2.78. The smallest absolute Gasteiger partial charge is 0.264 e. The molecule has 2 amide bonds. The second kappa shape index (κ2) is 15.4. The number of methoxy groups -OCH3 is 1. The van der Waals surface area contributed by atoms with Gasteiger partial charge in [0.1, 0.15) is 24.2 Å². The highest BCUT2D eigenvalue weighted by Crippen LogP contribution is 2.28. The first-order valence-corrected chi connectivity index (χ1v) is 16.6. The van der Waals surface area contributed by atoms with Crippen LogP contribution in [0, 0.1) is 5.82 Å². The van der Waals surface area contributed by atoms with Gasteiger partial charge in [-0.2, -0.15) is 0 Å². The zero-order valence-corrected chi connectivity index (χ0v) is 27.8. The molecular weight excluding hydrogens is 652 g/mol. The lowest BCUT2D eigenvalue weighted by molar-refractivity contribution is -0.140. The molecule has 0 aromatic heterocycles. The molecule has 0 heterocycles. The highest BCUT2D eigenvalue weighted by atomic mass is 35.5. The first kappa shape index (κ1) is 34.7. The van der Waals surface area contributed by atoms with E-state index in [1.807, 2.05) is 30.3 Å². The number of sulfonamides is 1. The molecule has 0 radical (unpaired) electrons. The van der Waals surface area contributed by atoms with Crippen LogP contribution in [0.3, 0.4) is 0 Å². The van der Waals surface area contributed by atoms with Gasteiger partial charge in [-0.15, -0.1) is 0 Å². The summed E-state index contributed by atoms with van der Waals surface area (Å²) < 4.78 is 48.1. The molecule has 0 unspecified atom stereocenters. The van der Waals surface area contributed by atoms with Crippen molar-refractivity contribution in [3.63, 3.8) is 0 Å². The molecule has 1 atom stereocenters. The van der Waals surface area contributed by atoms with Gasteiger partial charge in [0, 0.05) is 29.1 Å². The Morgan fingerprint density at radius 3 is 2.15 bits per heavy atom. The first-order chi connectivity index (χ1) is 21.9. The van der Waals surface area contributed by atoms with Crippen LogP contribution in [0.4, 0.5) is 10.1 Å². The molecule has 0 aliphatic heterocycles. The summed E-state index contributed by atoms with van der Waals surface area (Å²) in [5, 5.41) is 3.55. The third-order valence-electron chi connectivity index (χ3n) is 7.10. The third-order valence-corrected chi connectivity index (χ3v) is 9.47. The Bertz CT molecular complexity index is 1760. The second-order valence-electron chi connectivity index (χ2n) is 10.8. The molecule has 0 fully saturated rings. The van der Waals surface area contributed by atoms with E-state index in [1.54, 1.807) is 26.0 Å². The standard InChI is InChI=1S/C34H34Cl2FN3O5S/c1-23(2)38-34(42)32(19-24-7-5-4-6-8-24)39(21-25-9-10-26(35)20-31(25)36)33(41)22-40(28-13-11-27(37)12-14-28)46(43,44)30-17-15-29(45-3)16-18-30/h4-18,20,23,32H,19,21-22H2,1-3H3,(H,38,42)/t32-/m1/s1. The van der Waals surface area contributed by atoms with E-state index in [1.165, 1.54) is 54.5 Å². The number of hydrogen-bond donors (Lipinski definition) is 1. The first-order valence-electron chi connectivity index (χ1n) is 14.4. The number of nitrogens with zero attached hydrogens (tertiary/aromatic N) is 2. The maximum Gasteiger partial charge on any atom is 0.264 e. The number of hydrogen-bond acceptors (Lipinski definition) is 5. The molecule has 242 valence electrons. The Hall–Kier alpha value is -4.12. The highest BCUT2D eigenvalue weighted by Gasteiger charge is 2.35. The summed E-state index contributed by atoms with van der Waals surface area (Å²) in [7, 11) is -2.91. The van der Waals surface area contributed by atoms with Crippen LogP contribution < -0.4 is 14.4 Å². The molecule has 1 N–H and O–H groups in total. The van der Waals surface area contributed by atoms with Crippen molar-refractivity contribution in [1.29, 1.82) is 0 Å². The molecule has 0 aliphatic rings. The van der Waals surface area contributed by atoms with Gasteiger partial charge < -0.3 is 15.0 Å². The van der Waals surface area contributed by atoms with E-state index in [-0.39, 0.29) is 34.6 Å². The van der Waals surface area contributed by atoms with Crippen molar-refractivity contribution in [2.24, 2.45) is 0 Å². The largest absolute Gasteiger partial charge is 0.497 e. The normalized spacial score (nSPS) is 12.0.